The van der Waals surface area contributed by atoms with Gasteiger partial charge in [0, 0.05) is 0 Å². The Labute approximate surface area is 160 Å². The van der Waals surface area contributed by atoms with Crippen LogP contribution < -0.4 is 0 Å². The van der Waals surface area contributed by atoms with E-state index in [1.807, 2.05) is 3.88 Å². The van der Waals surface area contributed by atoms with Crippen LogP contribution in [0.15, 0.2) is 22.1 Å². The van der Waals surface area contributed by atoms with Crippen molar-refractivity contribution in [2.24, 2.45) is 16.2 Å². The van der Waals surface area contributed by atoms with E-state index < -0.39 is 15.3 Å². The van der Waals surface area contributed by atoms with Gasteiger partial charge in [0.15, 0.2) is 0 Å². The fourth-order valence-corrected chi connectivity index (χ4v) is 26.7. The third kappa shape index (κ3) is 6.69. The van der Waals surface area contributed by atoms with Crippen molar-refractivity contribution in [2.75, 3.05) is 0 Å². The molecule has 0 nitrogen and oxygen atoms in total. The summed E-state index contributed by atoms with van der Waals surface area (Å²) in [5.74, 6) is 0. The van der Waals surface area contributed by atoms with Gasteiger partial charge in [-0.1, -0.05) is 0 Å². The monoisotopic (exact) mass is 383 g/mol. The first-order valence-corrected chi connectivity index (χ1v) is 15.8. The Balaban J connectivity index is 3.68. The molecule has 1 aliphatic rings. The second-order valence-electron chi connectivity index (χ2n) is 12.8. The minimum atomic E-state index is -2.95. The molecule has 0 fully saturated rings. The molecular weight excluding hydrogens is 336 g/mol. The maximum absolute atomic E-state index is 2.95. The number of hydrogen-bond acceptors (Lipinski definition) is 0. The molecule has 147 valence electrons. The molecule has 0 spiro atoms. The van der Waals surface area contributed by atoms with Crippen LogP contribution in [0.2, 0.25) is 18.9 Å². The van der Waals surface area contributed by atoms with E-state index in [-0.39, 0.29) is 0 Å². The normalized spacial score (nSPS) is 18.2. The zero-order valence-corrected chi connectivity index (χ0v) is 20.7. The molecule has 0 radical (unpaired) electrons. The van der Waals surface area contributed by atoms with Crippen LogP contribution in [0.4, 0.5) is 0 Å². The van der Waals surface area contributed by atoms with E-state index in [0.717, 1.165) is 0 Å². The quantitative estimate of drug-likeness (QED) is 0.384. The molecule has 0 aliphatic heterocycles. The average Bonchev–Trinajstić information content (AvgIpc) is 2.84. The van der Waals surface area contributed by atoms with Gasteiger partial charge in [0.25, 0.3) is 0 Å². The SMILES string of the molecule is CCC[CH2][Ti]([CH2]C(C)(C)C)([CH2]C(C)(C)C)([CH2]C(C)(C)C)[C]1=CC=CC1. The van der Waals surface area contributed by atoms with Crippen molar-refractivity contribution >= 4 is 0 Å². The summed E-state index contributed by atoms with van der Waals surface area (Å²) in [6.07, 6.45) is 11.3. The van der Waals surface area contributed by atoms with Crippen LogP contribution in [-0.4, -0.2) is 0 Å². The van der Waals surface area contributed by atoms with Gasteiger partial charge in [0.2, 0.25) is 0 Å². The molecule has 0 aromatic rings. The summed E-state index contributed by atoms with van der Waals surface area (Å²) >= 11 is -2.95. The molecule has 1 heteroatoms. The van der Waals surface area contributed by atoms with E-state index in [4.69, 9.17) is 0 Å². The van der Waals surface area contributed by atoms with Gasteiger partial charge in [-0.15, -0.1) is 0 Å². The molecule has 0 aromatic heterocycles. The maximum atomic E-state index is 2.57. The van der Waals surface area contributed by atoms with Crippen LogP contribution in [0.1, 0.15) is 88.5 Å². The van der Waals surface area contributed by atoms with Crippen molar-refractivity contribution in [2.45, 2.75) is 107 Å². The van der Waals surface area contributed by atoms with Crippen LogP contribution >= 0.6 is 0 Å². The van der Waals surface area contributed by atoms with Crippen molar-refractivity contribution in [1.82, 2.24) is 0 Å². The fourth-order valence-electron chi connectivity index (χ4n) is 6.74. The summed E-state index contributed by atoms with van der Waals surface area (Å²) in [4.78, 5) is 0. The average molecular weight is 384 g/mol. The zero-order chi connectivity index (χ0) is 19.6. The summed E-state index contributed by atoms with van der Waals surface area (Å²) < 4.78 is 7.86. The number of allylic oxidation sites excluding steroid dienone is 4. The summed E-state index contributed by atoms with van der Waals surface area (Å²) in [5.41, 5.74) is 1.22. The number of unbranched alkanes of at least 4 members (excludes halogenated alkanes) is 1. The van der Waals surface area contributed by atoms with Crippen molar-refractivity contribution in [3.05, 3.63) is 22.1 Å². The summed E-state index contributed by atoms with van der Waals surface area (Å²) in [7, 11) is 0. The molecule has 0 saturated carbocycles. The van der Waals surface area contributed by atoms with Crippen LogP contribution in [0, 0.1) is 16.2 Å². The first-order valence-electron chi connectivity index (χ1n) is 10.6. The molecule has 0 heterocycles. The van der Waals surface area contributed by atoms with Crippen molar-refractivity contribution < 1.29 is 15.3 Å². The first kappa shape index (κ1) is 23.2. The minimum absolute atomic E-state index is 0.408. The Kier molecular flexibility index (Phi) is 7.13. The van der Waals surface area contributed by atoms with Gasteiger partial charge < -0.3 is 0 Å². The van der Waals surface area contributed by atoms with Crippen molar-refractivity contribution in [3.63, 3.8) is 0 Å². The molecule has 0 unspecified atom stereocenters. The van der Waals surface area contributed by atoms with Crippen molar-refractivity contribution in [1.29, 1.82) is 0 Å². The second-order valence-corrected chi connectivity index (χ2v) is 23.2. The van der Waals surface area contributed by atoms with Gasteiger partial charge in [-0.05, 0) is 0 Å². The van der Waals surface area contributed by atoms with Crippen molar-refractivity contribution in [3.8, 4) is 0 Å². The van der Waals surface area contributed by atoms with Gasteiger partial charge in [-0.3, -0.25) is 0 Å². The Hall–Kier alpha value is 0.194. The van der Waals surface area contributed by atoms with Gasteiger partial charge in [0.1, 0.15) is 0 Å². The Morgan fingerprint density at radius 3 is 1.52 bits per heavy atom. The fraction of sp³-hybridized carbons (Fsp3) is 0.833. The third-order valence-corrected chi connectivity index (χ3v) is 21.2. The van der Waals surface area contributed by atoms with Crippen LogP contribution in [0.5, 0.6) is 0 Å². The topological polar surface area (TPSA) is 0 Å². The molecule has 0 N–H and O–H groups in total. The van der Waals surface area contributed by atoms with Gasteiger partial charge in [-0.25, -0.2) is 0 Å². The molecule has 0 bridgehead atoms. The van der Waals surface area contributed by atoms with Crippen LogP contribution in [-0.2, 0) is 15.3 Å². The molecule has 1 rings (SSSR count). The summed E-state index contributed by atoms with van der Waals surface area (Å²) in [5, 5.41) is 0. The second kappa shape index (κ2) is 7.67. The van der Waals surface area contributed by atoms with Gasteiger partial charge >= 0.3 is 161 Å². The van der Waals surface area contributed by atoms with E-state index in [0.29, 0.717) is 16.2 Å². The molecular formula is C24H47Ti. The molecule has 0 aromatic carbocycles. The zero-order valence-electron chi connectivity index (χ0n) is 19.2. The molecule has 1 aliphatic carbocycles. The molecule has 0 saturated heterocycles. The predicted molar refractivity (Wildman–Crippen MR) is 114 cm³/mol. The summed E-state index contributed by atoms with van der Waals surface area (Å²) in [6.45, 7) is 24.8. The van der Waals surface area contributed by atoms with E-state index in [9.17, 15) is 0 Å². The molecule has 25 heavy (non-hydrogen) atoms. The third-order valence-electron chi connectivity index (χ3n) is 5.85. The summed E-state index contributed by atoms with van der Waals surface area (Å²) in [6, 6.07) is 0. The van der Waals surface area contributed by atoms with E-state index in [1.165, 1.54) is 38.2 Å². The predicted octanol–water partition coefficient (Wildman–Crippen LogP) is 9.13. The van der Waals surface area contributed by atoms with Gasteiger partial charge in [0.05, 0.1) is 0 Å². The Morgan fingerprint density at radius 2 is 1.24 bits per heavy atom. The molecule has 0 atom stereocenters. The van der Waals surface area contributed by atoms with Crippen LogP contribution in [0.25, 0.3) is 0 Å². The van der Waals surface area contributed by atoms with E-state index in [2.05, 4.69) is 87.5 Å². The van der Waals surface area contributed by atoms with E-state index >= 15 is 0 Å². The van der Waals surface area contributed by atoms with Gasteiger partial charge in [-0.2, -0.15) is 0 Å². The van der Waals surface area contributed by atoms with E-state index in [1.54, 1.807) is 0 Å². The standard InChI is InChI=1S/C5H5.3C5H11.C4H9.Ti/c1-2-4-5-3-1;3*1-5(2,3)4;1-3-4-2;/h1-3H,4H2;3*1H2,2-4H3;1,3-4H2,2H3;. The first-order chi connectivity index (χ1) is 11.1. The Bertz CT molecular complexity index is 456. The Morgan fingerprint density at radius 1 is 0.800 bits per heavy atom. The van der Waals surface area contributed by atoms with Crippen LogP contribution in [0.3, 0.4) is 0 Å². The number of rotatable bonds is 7. The number of hydrogen-bond donors (Lipinski definition) is 0. The molecule has 0 amide bonds.